The minimum absolute atomic E-state index is 0.254. The maximum absolute atomic E-state index is 11.3. The predicted octanol–water partition coefficient (Wildman–Crippen LogP) is 1.44. The fraction of sp³-hybridized carbons (Fsp3) is 0.800. The molecular weight excluding hydrogens is 184 g/mol. The molecule has 4 nitrogen and oxygen atoms in total. The Bertz CT molecular complexity index is 259. The van der Waals surface area contributed by atoms with Crippen LogP contribution in [0.5, 0.6) is 0 Å². The summed E-state index contributed by atoms with van der Waals surface area (Å²) in [6.07, 6.45) is 0.987. The number of aliphatic carboxylic acids is 1. The summed E-state index contributed by atoms with van der Waals surface area (Å²) >= 11 is 0. The first-order valence-electron chi connectivity index (χ1n) is 4.81. The molecular formula is C10H16O4. The summed E-state index contributed by atoms with van der Waals surface area (Å²) in [4.78, 5) is 22.2. The van der Waals surface area contributed by atoms with E-state index in [4.69, 9.17) is 9.84 Å². The van der Waals surface area contributed by atoms with E-state index in [0.717, 1.165) is 0 Å². The van der Waals surface area contributed by atoms with Gasteiger partial charge in [0.2, 0.25) is 5.60 Å². The van der Waals surface area contributed by atoms with Crippen molar-refractivity contribution in [1.82, 2.24) is 0 Å². The summed E-state index contributed by atoms with van der Waals surface area (Å²) in [6, 6.07) is 0. The van der Waals surface area contributed by atoms with Gasteiger partial charge >= 0.3 is 11.9 Å². The summed E-state index contributed by atoms with van der Waals surface area (Å²) in [5.74, 6) is -1.31. The molecule has 0 amide bonds. The molecule has 0 aromatic carbocycles. The van der Waals surface area contributed by atoms with Gasteiger partial charge in [0.25, 0.3) is 0 Å². The third-order valence-corrected chi connectivity index (χ3v) is 2.50. The number of esters is 1. The lowest BCUT2D eigenvalue weighted by Gasteiger charge is -2.15. The van der Waals surface area contributed by atoms with Crippen LogP contribution in [0.4, 0.5) is 0 Å². The lowest BCUT2D eigenvalue weighted by molar-refractivity contribution is -0.167. The van der Waals surface area contributed by atoms with Gasteiger partial charge in [0.15, 0.2) is 0 Å². The maximum Gasteiger partial charge on any atom is 0.347 e. The number of carbonyl (C=O) groups is 2. The molecule has 14 heavy (non-hydrogen) atoms. The first-order chi connectivity index (χ1) is 6.35. The lowest BCUT2D eigenvalue weighted by Crippen LogP contribution is -2.34. The number of hydrogen-bond donors (Lipinski definition) is 1. The molecule has 1 saturated heterocycles. The van der Waals surface area contributed by atoms with Gasteiger partial charge < -0.3 is 9.84 Å². The van der Waals surface area contributed by atoms with Crippen molar-refractivity contribution in [3.05, 3.63) is 0 Å². The standard InChI is InChI=1S/C10H16O4/c1-6(2)4-7-5-10(3,9(12)13)14-8(7)11/h6-7H,4-5H2,1-3H3,(H,12,13). The van der Waals surface area contributed by atoms with Crippen LogP contribution in [-0.2, 0) is 14.3 Å². The summed E-state index contributed by atoms with van der Waals surface area (Å²) in [5, 5.41) is 8.86. The van der Waals surface area contributed by atoms with Gasteiger partial charge in [-0.25, -0.2) is 4.79 Å². The SMILES string of the molecule is CC(C)CC1CC(C)(C(=O)O)OC1=O. The van der Waals surface area contributed by atoms with Gasteiger partial charge in [-0.05, 0) is 19.3 Å². The van der Waals surface area contributed by atoms with Crippen LogP contribution in [0.1, 0.15) is 33.6 Å². The zero-order valence-corrected chi connectivity index (χ0v) is 8.74. The Balaban J connectivity index is 2.69. The van der Waals surface area contributed by atoms with Crippen molar-refractivity contribution >= 4 is 11.9 Å². The molecule has 0 aliphatic carbocycles. The van der Waals surface area contributed by atoms with Gasteiger partial charge in [-0.15, -0.1) is 0 Å². The highest BCUT2D eigenvalue weighted by atomic mass is 16.6. The highest BCUT2D eigenvalue weighted by Crippen LogP contribution is 2.34. The molecule has 80 valence electrons. The minimum Gasteiger partial charge on any atom is -0.478 e. The smallest absolute Gasteiger partial charge is 0.347 e. The number of carboxylic acids is 1. The van der Waals surface area contributed by atoms with Crippen molar-refractivity contribution < 1.29 is 19.4 Å². The molecule has 1 aliphatic rings. The molecule has 1 rings (SSSR count). The van der Waals surface area contributed by atoms with Crippen LogP contribution in [0.2, 0.25) is 0 Å². The lowest BCUT2D eigenvalue weighted by atomic mass is 9.89. The number of carboxylic acid groups (broad SMARTS) is 1. The molecule has 1 fully saturated rings. The number of carbonyl (C=O) groups excluding carboxylic acids is 1. The average Bonchev–Trinajstić information content (AvgIpc) is 2.27. The molecule has 1 heterocycles. The average molecular weight is 200 g/mol. The topological polar surface area (TPSA) is 63.6 Å². The predicted molar refractivity (Wildman–Crippen MR) is 49.7 cm³/mol. The molecule has 2 atom stereocenters. The van der Waals surface area contributed by atoms with Crippen molar-refractivity contribution in [1.29, 1.82) is 0 Å². The molecule has 0 bridgehead atoms. The van der Waals surface area contributed by atoms with E-state index in [9.17, 15) is 9.59 Å². The Morgan fingerprint density at radius 1 is 1.71 bits per heavy atom. The number of hydrogen-bond acceptors (Lipinski definition) is 3. The summed E-state index contributed by atoms with van der Waals surface area (Å²) < 4.78 is 4.89. The molecule has 0 aromatic rings. The Kier molecular flexibility index (Phi) is 2.83. The second-order valence-electron chi connectivity index (χ2n) is 4.49. The monoisotopic (exact) mass is 200 g/mol. The third kappa shape index (κ3) is 2.05. The number of ether oxygens (including phenoxy) is 1. The largest absolute Gasteiger partial charge is 0.478 e. The van der Waals surface area contributed by atoms with E-state index >= 15 is 0 Å². The second-order valence-corrected chi connectivity index (χ2v) is 4.49. The van der Waals surface area contributed by atoms with Crippen molar-refractivity contribution in [3.63, 3.8) is 0 Å². The van der Waals surface area contributed by atoms with Crippen LogP contribution in [-0.4, -0.2) is 22.6 Å². The molecule has 0 aromatic heterocycles. The van der Waals surface area contributed by atoms with Gasteiger partial charge in [0.05, 0.1) is 5.92 Å². The van der Waals surface area contributed by atoms with E-state index in [1.165, 1.54) is 6.92 Å². The van der Waals surface area contributed by atoms with Gasteiger partial charge in [-0.3, -0.25) is 4.79 Å². The first-order valence-corrected chi connectivity index (χ1v) is 4.81. The molecule has 1 aliphatic heterocycles. The minimum atomic E-state index is -1.31. The van der Waals surface area contributed by atoms with Crippen LogP contribution < -0.4 is 0 Å². The number of cyclic esters (lactones) is 1. The summed E-state index contributed by atoms with van der Waals surface area (Å²) in [6.45, 7) is 5.46. The van der Waals surface area contributed by atoms with Gasteiger partial charge in [0.1, 0.15) is 0 Å². The fourth-order valence-corrected chi connectivity index (χ4v) is 1.78. The molecule has 0 saturated carbocycles. The van der Waals surface area contributed by atoms with E-state index in [1.807, 2.05) is 13.8 Å². The molecule has 0 spiro atoms. The molecule has 4 heteroatoms. The normalized spacial score (nSPS) is 32.0. The molecule has 0 radical (unpaired) electrons. The van der Waals surface area contributed by atoms with E-state index in [2.05, 4.69) is 0 Å². The van der Waals surface area contributed by atoms with E-state index in [1.54, 1.807) is 0 Å². The molecule has 2 unspecified atom stereocenters. The first kappa shape index (κ1) is 11.0. The summed E-state index contributed by atoms with van der Waals surface area (Å²) in [5.41, 5.74) is -1.31. The zero-order valence-electron chi connectivity index (χ0n) is 8.74. The van der Waals surface area contributed by atoms with E-state index < -0.39 is 11.6 Å². The van der Waals surface area contributed by atoms with E-state index in [0.29, 0.717) is 18.8 Å². The van der Waals surface area contributed by atoms with Crippen molar-refractivity contribution in [2.24, 2.45) is 11.8 Å². The second kappa shape index (κ2) is 3.59. The highest BCUT2D eigenvalue weighted by molar-refractivity contribution is 5.86. The maximum atomic E-state index is 11.3. The Labute approximate surface area is 83.2 Å². The number of rotatable bonds is 3. The van der Waals surface area contributed by atoms with Crippen molar-refractivity contribution in [3.8, 4) is 0 Å². The van der Waals surface area contributed by atoms with Crippen LogP contribution in [0.25, 0.3) is 0 Å². The quantitative estimate of drug-likeness (QED) is 0.700. The fourth-order valence-electron chi connectivity index (χ4n) is 1.78. The highest BCUT2D eigenvalue weighted by Gasteiger charge is 2.48. The Hall–Kier alpha value is -1.06. The Morgan fingerprint density at radius 3 is 2.64 bits per heavy atom. The van der Waals surface area contributed by atoms with Gasteiger partial charge in [-0.2, -0.15) is 0 Å². The van der Waals surface area contributed by atoms with Crippen LogP contribution in [0.15, 0.2) is 0 Å². The molecule has 1 N–H and O–H groups in total. The van der Waals surface area contributed by atoms with Gasteiger partial charge in [0, 0.05) is 6.42 Å². The Morgan fingerprint density at radius 2 is 2.29 bits per heavy atom. The third-order valence-electron chi connectivity index (χ3n) is 2.50. The van der Waals surface area contributed by atoms with E-state index in [-0.39, 0.29) is 11.9 Å². The van der Waals surface area contributed by atoms with Crippen molar-refractivity contribution in [2.45, 2.75) is 39.2 Å². The van der Waals surface area contributed by atoms with Gasteiger partial charge in [-0.1, -0.05) is 13.8 Å². The van der Waals surface area contributed by atoms with Crippen molar-refractivity contribution in [2.75, 3.05) is 0 Å². The summed E-state index contributed by atoms with van der Waals surface area (Å²) in [7, 11) is 0. The van der Waals surface area contributed by atoms with Crippen LogP contribution in [0.3, 0.4) is 0 Å². The van der Waals surface area contributed by atoms with Crippen LogP contribution in [0, 0.1) is 11.8 Å². The zero-order chi connectivity index (χ0) is 10.9. The van der Waals surface area contributed by atoms with Crippen LogP contribution >= 0.6 is 0 Å².